The highest BCUT2D eigenvalue weighted by molar-refractivity contribution is 7.92. The van der Waals surface area contributed by atoms with Crippen LogP contribution in [0.25, 0.3) is 11.3 Å². The third kappa shape index (κ3) is 7.12. The van der Waals surface area contributed by atoms with E-state index in [4.69, 9.17) is 0 Å². The van der Waals surface area contributed by atoms with Gasteiger partial charge in [0, 0.05) is 36.4 Å². The molecule has 0 saturated heterocycles. The first-order chi connectivity index (χ1) is 17.1. The van der Waals surface area contributed by atoms with Crippen molar-refractivity contribution < 1.29 is 39.6 Å². The molecule has 3 aromatic rings. The topological polar surface area (TPSA) is 72.3 Å². The van der Waals surface area contributed by atoms with Crippen LogP contribution in [-0.2, 0) is 29.8 Å². The molecule has 0 N–H and O–H groups in total. The molecule has 0 atom stereocenters. The van der Waals surface area contributed by atoms with Crippen LogP contribution in [0.15, 0.2) is 54.7 Å². The number of nitrogens with zero attached hydrogens (tertiary/aromatic N) is 3. The van der Waals surface area contributed by atoms with Crippen molar-refractivity contribution in [2.45, 2.75) is 38.7 Å². The molecule has 0 spiro atoms. The molecule has 200 valence electrons. The number of alkyl halides is 6. The minimum atomic E-state index is -5.03. The zero-order chi connectivity index (χ0) is 27.6. The standard InChI is InChI=1S/C24H23F6N3O3S/c1-3-4-21(34)16-7-11-20(12-8-16)33(37(35,36)15-23(25,26)27)14-18-13-32(2)31-22(18)17-5-9-19(10-6-17)24(28,29)30/h5-13H,3-4,14-15H2,1-2H3. The highest BCUT2D eigenvalue weighted by atomic mass is 32.2. The normalized spacial score (nSPS) is 12.5. The summed E-state index contributed by atoms with van der Waals surface area (Å²) in [4.78, 5) is 12.1. The number of aryl methyl sites for hydroxylation is 1. The summed E-state index contributed by atoms with van der Waals surface area (Å²) in [6, 6.07) is 9.12. The fraction of sp³-hybridized carbons (Fsp3) is 0.333. The van der Waals surface area contributed by atoms with Gasteiger partial charge in [-0.3, -0.25) is 13.8 Å². The Kier molecular flexibility index (Phi) is 8.06. The number of carbonyl (C=O) groups is 1. The summed E-state index contributed by atoms with van der Waals surface area (Å²) in [6.07, 6.45) is -7.39. The number of sulfonamides is 1. The Morgan fingerprint density at radius 3 is 2.08 bits per heavy atom. The van der Waals surface area contributed by atoms with E-state index in [2.05, 4.69) is 5.10 Å². The van der Waals surface area contributed by atoms with Gasteiger partial charge < -0.3 is 0 Å². The molecule has 37 heavy (non-hydrogen) atoms. The average Bonchev–Trinajstić information content (AvgIpc) is 3.16. The molecule has 0 saturated carbocycles. The SMILES string of the molecule is CCCC(=O)c1ccc(N(Cc2cn(C)nc2-c2ccc(C(F)(F)F)cc2)S(=O)(=O)CC(F)(F)F)cc1. The van der Waals surface area contributed by atoms with Gasteiger partial charge in [-0.2, -0.15) is 31.4 Å². The number of anilines is 1. The Morgan fingerprint density at radius 1 is 0.973 bits per heavy atom. The summed E-state index contributed by atoms with van der Waals surface area (Å²) in [5, 5.41) is 4.18. The van der Waals surface area contributed by atoms with Crippen LogP contribution in [0.5, 0.6) is 0 Å². The van der Waals surface area contributed by atoms with Gasteiger partial charge in [0.05, 0.1) is 23.5 Å². The lowest BCUT2D eigenvalue weighted by atomic mass is 10.1. The molecule has 0 radical (unpaired) electrons. The maximum absolute atomic E-state index is 13.1. The number of benzene rings is 2. The molecule has 3 rings (SSSR count). The summed E-state index contributed by atoms with van der Waals surface area (Å²) < 4.78 is 106. The van der Waals surface area contributed by atoms with Gasteiger partial charge in [0.25, 0.3) is 0 Å². The summed E-state index contributed by atoms with van der Waals surface area (Å²) in [7, 11) is -3.47. The first-order valence-corrected chi connectivity index (χ1v) is 12.6. The summed E-state index contributed by atoms with van der Waals surface area (Å²) in [6.45, 7) is 1.23. The van der Waals surface area contributed by atoms with E-state index in [1.807, 2.05) is 0 Å². The van der Waals surface area contributed by atoms with Crippen LogP contribution in [0, 0.1) is 0 Å². The van der Waals surface area contributed by atoms with Crippen molar-refractivity contribution in [1.82, 2.24) is 9.78 Å². The van der Waals surface area contributed by atoms with E-state index in [0.29, 0.717) is 10.7 Å². The lowest BCUT2D eigenvalue weighted by Crippen LogP contribution is -2.37. The molecule has 0 aliphatic rings. The molecule has 0 bridgehead atoms. The molecule has 6 nitrogen and oxygen atoms in total. The lowest BCUT2D eigenvalue weighted by molar-refractivity contribution is -0.137. The Labute approximate surface area is 209 Å². The number of carbonyl (C=O) groups excluding carboxylic acids is 1. The van der Waals surface area contributed by atoms with Crippen LogP contribution < -0.4 is 4.31 Å². The third-order valence-electron chi connectivity index (χ3n) is 5.34. The van der Waals surface area contributed by atoms with Crippen LogP contribution in [0.3, 0.4) is 0 Å². The van der Waals surface area contributed by atoms with Crippen molar-refractivity contribution in [2.24, 2.45) is 7.05 Å². The van der Waals surface area contributed by atoms with Gasteiger partial charge in [-0.1, -0.05) is 19.1 Å². The van der Waals surface area contributed by atoms with Gasteiger partial charge in [0.2, 0.25) is 10.0 Å². The number of hydrogen-bond donors (Lipinski definition) is 0. The Morgan fingerprint density at radius 2 is 1.57 bits per heavy atom. The second-order valence-electron chi connectivity index (χ2n) is 8.35. The van der Waals surface area contributed by atoms with Gasteiger partial charge in [-0.05, 0) is 42.8 Å². The summed E-state index contributed by atoms with van der Waals surface area (Å²) >= 11 is 0. The van der Waals surface area contributed by atoms with E-state index in [-0.39, 0.29) is 40.3 Å². The lowest BCUT2D eigenvalue weighted by Gasteiger charge is -2.25. The maximum atomic E-state index is 13.1. The van der Waals surface area contributed by atoms with Crippen LogP contribution >= 0.6 is 0 Å². The van der Waals surface area contributed by atoms with Gasteiger partial charge in [-0.15, -0.1) is 0 Å². The number of hydrogen-bond acceptors (Lipinski definition) is 4. The second-order valence-corrected chi connectivity index (χ2v) is 10.2. The molecule has 0 aliphatic carbocycles. The van der Waals surface area contributed by atoms with Crippen molar-refractivity contribution in [3.8, 4) is 11.3 Å². The van der Waals surface area contributed by atoms with Gasteiger partial charge in [-0.25, -0.2) is 8.42 Å². The Balaban J connectivity index is 2.04. The van der Waals surface area contributed by atoms with Crippen LogP contribution in [0.1, 0.15) is 41.3 Å². The predicted molar refractivity (Wildman–Crippen MR) is 125 cm³/mol. The fourth-order valence-corrected chi connectivity index (χ4v) is 5.04. The van der Waals surface area contributed by atoms with Crippen molar-refractivity contribution in [3.63, 3.8) is 0 Å². The van der Waals surface area contributed by atoms with Crippen molar-refractivity contribution >= 4 is 21.5 Å². The minimum Gasteiger partial charge on any atom is -0.294 e. The van der Waals surface area contributed by atoms with E-state index in [1.165, 1.54) is 42.2 Å². The van der Waals surface area contributed by atoms with Gasteiger partial charge in [0.15, 0.2) is 11.5 Å². The molecule has 0 fully saturated rings. The molecule has 0 aliphatic heterocycles. The number of halogens is 6. The zero-order valence-corrected chi connectivity index (χ0v) is 20.6. The van der Waals surface area contributed by atoms with Gasteiger partial charge >= 0.3 is 12.4 Å². The monoisotopic (exact) mass is 547 g/mol. The molecule has 13 heteroatoms. The average molecular weight is 548 g/mol. The Bertz CT molecular complexity index is 1350. The van der Waals surface area contributed by atoms with E-state index >= 15 is 0 Å². The molecule has 1 aromatic heterocycles. The molecule has 2 aromatic carbocycles. The summed E-state index contributed by atoms with van der Waals surface area (Å²) in [5.41, 5.74) is -0.236. The molecular weight excluding hydrogens is 524 g/mol. The predicted octanol–water partition coefficient (Wildman–Crippen LogP) is 5.99. The van der Waals surface area contributed by atoms with Crippen molar-refractivity contribution in [2.75, 3.05) is 10.1 Å². The molecule has 1 heterocycles. The van der Waals surface area contributed by atoms with E-state index in [1.54, 1.807) is 6.92 Å². The Hall–Kier alpha value is -3.35. The molecule has 0 amide bonds. The third-order valence-corrected chi connectivity index (χ3v) is 7.04. The highest BCUT2D eigenvalue weighted by Crippen LogP contribution is 2.33. The van der Waals surface area contributed by atoms with E-state index in [0.717, 1.165) is 24.3 Å². The summed E-state index contributed by atoms with van der Waals surface area (Å²) in [5.74, 6) is -2.33. The van der Waals surface area contributed by atoms with Crippen molar-refractivity contribution in [3.05, 3.63) is 71.4 Å². The maximum Gasteiger partial charge on any atom is 0.416 e. The van der Waals surface area contributed by atoms with Crippen molar-refractivity contribution in [1.29, 1.82) is 0 Å². The van der Waals surface area contributed by atoms with Gasteiger partial charge in [0.1, 0.15) is 0 Å². The van der Waals surface area contributed by atoms with E-state index in [9.17, 15) is 39.6 Å². The number of ketones is 1. The van der Waals surface area contributed by atoms with Crippen LogP contribution in [-0.4, -0.2) is 35.9 Å². The molecular formula is C24H23F6N3O3S. The zero-order valence-electron chi connectivity index (χ0n) is 19.8. The fourth-order valence-electron chi connectivity index (χ4n) is 3.69. The first-order valence-electron chi connectivity index (χ1n) is 11.0. The largest absolute Gasteiger partial charge is 0.416 e. The smallest absolute Gasteiger partial charge is 0.294 e. The minimum absolute atomic E-state index is 0.109. The highest BCUT2D eigenvalue weighted by Gasteiger charge is 2.39. The second kappa shape index (κ2) is 10.6. The quantitative estimate of drug-likeness (QED) is 0.244. The first kappa shape index (κ1) is 28.2. The molecule has 0 unspecified atom stereocenters. The number of rotatable bonds is 9. The van der Waals surface area contributed by atoms with Crippen LogP contribution in [0.4, 0.5) is 32.0 Å². The van der Waals surface area contributed by atoms with E-state index < -0.39 is 40.2 Å². The number of Topliss-reactive ketones (excluding diaryl/α,β-unsaturated/α-hetero) is 1. The number of aromatic nitrogens is 2. The van der Waals surface area contributed by atoms with Crippen LogP contribution in [0.2, 0.25) is 0 Å².